The Hall–Kier alpha value is -12.5. The van der Waals surface area contributed by atoms with E-state index in [0.717, 1.165) is 50.1 Å². The molecule has 0 amide bonds. The van der Waals surface area contributed by atoms with Crippen LogP contribution in [0.15, 0.2) is 309 Å². The Balaban J connectivity index is 0.913. The lowest BCUT2D eigenvalue weighted by Gasteiger charge is -2.47. The molecule has 0 radical (unpaired) electrons. The maximum Gasteiger partial charge on any atom is 0.340 e. The van der Waals surface area contributed by atoms with E-state index in [2.05, 4.69) is 55.4 Å². The van der Waals surface area contributed by atoms with Gasteiger partial charge in [0.05, 0.1) is 16.7 Å². The zero-order chi connectivity index (χ0) is 85.5. The number of fused-ring (bicyclic) bond motifs is 1. The average molecular weight is 1690 g/mol. The Bertz CT molecular complexity index is 5160. The van der Waals surface area contributed by atoms with Crippen LogP contribution < -0.4 is 42.6 Å². The van der Waals surface area contributed by atoms with Crippen molar-refractivity contribution < 1.29 is 88.9 Å². The number of esters is 3. The molecule has 2 aliphatic heterocycles. The Morgan fingerprint density at radius 1 is 0.285 bits per heavy atom. The second kappa shape index (κ2) is 41.9. The first-order valence-electron chi connectivity index (χ1n) is 41.8. The SMILES string of the molecule is CC(C)[Si]1(C(C)C)O[C@@H]2[C@@H](OC(=O)c3cc(OCc4ccccc4)c(OCc4ccccc4)c(OCc4ccccc4)c3)[C@H](OC(=O)c3cc(OCc4ccccc4)c(OCc4ccccc4)c(OCc4ccccc4)c3)O[C@H](COC(=O)c3cc(OCc4ccccc4)c(OCc4ccccc4)c(OCc4ccccc4)c3)[C@H]2O[Si](C(C)C)(C(C)C)O1. The van der Waals surface area contributed by atoms with Gasteiger partial charge in [0.2, 0.25) is 23.5 Å². The van der Waals surface area contributed by atoms with Gasteiger partial charge < -0.3 is 74.5 Å². The summed E-state index contributed by atoms with van der Waals surface area (Å²) in [5.41, 5.74) is 6.41. The Labute approximate surface area is 722 Å². The molecule has 0 saturated carbocycles. The second-order valence-corrected chi connectivity index (χ2v) is 40.4. The summed E-state index contributed by atoms with van der Waals surface area (Å²) in [6, 6.07) is 95.9. The van der Waals surface area contributed by atoms with Gasteiger partial charge in [-0.3, -0.25) is 0 Å². The van der Waals surface area contributed by atoms with Gasteiger partial charge in [-0.2, -0.15) is 0 Å². The third-order valence-electron chi connectivity index (χ3n) is 21.5. The summed E-state index contributed by atoms with van der Waals surface area (Å²) in [5.74, 6) is -1.11. The van der Waals surface area contributed by atoms with Crippen LogP contribution in [0.5, 0.6) is 51.7 Å². The fourth-order valence-corrected chi connectivity index (χ4v) is 26.3. The highest BCUT2D eigenvalue weighted by molar-refractivity contribution is 6.84. The van der Waals surface area contributed by atoms with Gasteiger partial charge in [-0.05, 0) is 109 Å². The van der Waals surface area contributed by atoms with Crippen molar-refractivity contribution in [2.24, 2.45) is 0 Å². The summed E-state index contributed by atoms with van der Waals surface area (Å²) in [4.78, 5) is 48.5. The molecule has 0 aliphatic carbocycles. The van der Waals surface area contributed by atoms with E-state index in [1.54, 1.807) is 24.3 Å². The molecule has 0 bridgehead atoms. The molecule has 2 aliphatic rings. The number of carbonyl (C=O) groups excluding carboxylic acids is 3. The predicted octanol–water partition coefficient (Wildman–Crippen LogP) is 22.2. The van der Waals surface area contributed by atoms with Crippen molar-refractivity contribution in [3.63, 3.8) is 0 Å². The van der Waals surface area contributed by atoms with Crippen LogP contribution >= 0.6 is 0 Å². The fourth-order valence-electron chi connectivity index (χ4n) is 14.9. The smallest absolute Gasteiger partial charge is 0.340 e. The molecular weight excluding hydrogens is 1590 g/mol. The highest BCUT2D eigenvalue weighted by Crippen LogP contribution is 2.52. The molecule has 0 spiro atoms. The monoisotopic (exact) mass is 1690 g/mol. The highest BCUT2D eigenvalue weighted by Gasteiger charge is 2.66. The van der Waals surface area contributed by atoms with E-state index < -0.39 is 72.3 Å². The normalized spacial score (nSPS) is 16.4. The van der Waals surface area contributed by atoms with Gasteiger partial charge in [-0.15, -0.1) is 0 Å². The molecule has 12 aromatic rings. The lowest BCUT2D eigenvalue weighted by molar-refractivity contribution is -0.277. The molecule has 14 rings (SSSR count). The minimum absolute atomic E-state index is 0.0262. The molecule has 2 saturated heterocycles. The number of hydrogen-bond acceptors (Lipinski definition) is 19. The number of hydrogen-bond donors (Lipinski definition) is 0. The molecule has 123 heavy (non-hydrogen) atoms. The van der Waals surface area contributed by atoms with E-state index in [1.165, 1.54) is 12.1 Å². The van der Waals surface area contributed by atoms with Crippen molar-refractivity contribution in [1.29, 1.82) is 0 Å². The average Bonchev–Trinajstić information content (AvgIpc) is 1.59. The summed E-state index contributed by atoms with van der Waals surface area (Å²) in [6.07, 6.45) is -7.74. The maximum atomic E-state index is 16.4. The minimum atomic E-state index is -3.78. The van der Waals surface area contributed by atoms with E-state index in [9.17, 15) is 0 Å². The van der Waals surface area contributed by atoms with Crippen molar-refractivity contribution in [1.82, 2.24) is 0 Å². The van der Waals surface area contributed by atoms with Gasteiger partial charge in [-0.25, -0.2) is 14.4 Å². The standard InChI is InChI=1S/C102H104O19Si2/c1-70(2)122(71(3)4)119-96-92(69-115-99(103)83-54-86(106-60-74-36-18-9-19-37-74)93(112-66-80-48-30-15-31-49-80)87(55-83)107-61-75-38-20-10-21-39-75)116-102(118-101(105)85-58-90(110-64-78-44-26-13-27-45-78)95(114-68-82-52-34-17-35-53-82)91(59-85)111-65-79-46-28-14-29-47-79)98(97(96)120-123(121-122,72(5)6)73(7)8)117-100(104)84-56-88(108-62-76-40-22-11-23-41-76)94(113-67-81-50-32-16-33-51-81)89(57-84)109-63-77-42-24-12-25-43-77/h9-59,70-73,92,96-98,102H,60-69H2,1-8H3/t92-,96-,97+,98-,102+/m1/s1. The zero-order valence-corrected chi connectivity index (χ0v) is 72.5. The number of carbonyl (C=O) groups is 3. The lowest BCUT2D eigenvalue weighted by Crippen LogP contribution is -2.65. The predicted molar refractivity (Wildman–Crippen MR) is 473 cm³/mol. The molecule has 21 heteroatoms. The minimum Gasteiger partial charge on any atom is -0.485 e. The van der Waals surface area contributed by atoms with E-state index in [0.29, 0.717) is 0 Å². The molecule has 0 N–H and O–H groups in total. The number of ether oxygens (including phenoxy) is 13. The van der Waals surface area contributed by atoms with Gasteiger partial charge in [-0.1, -0.05) is 328 Å². The summed E-state index contributed by atoms with van der Waals surface area (Å²) in [7, 11) is -7.47. The fraction of sp³-hybridized carbons (Fsp3) is 0.265. The van der Waals surface area contributed by atoms with Crippen molar-refractivity contribution >= 4 is 35.0 Å². The van der Waals surface area contributed by atoms with Crippen LogP contribution in [0.1, 0.15) is 137 Å². The van der Waals surface area contributed by atoms with E-state index in [-0.39, 0.29) is 150 Å². The van der Waals surface area contributed by atoms with Crippen molar-refractivity contribution in [3.05, 3.63) is 376 Å². The van der Waals surface area contributed by atoms with Crippen molar-refractivity contribution in [3.8, 4) is 51.7 Å². The number of benzene rings is 12. The molecule has 19 nitrogen and oxygen atoms in total. The quantitative estimate of drug-likeness (QED) is 0.0201. The Kier molecular flexibility index (Phi) is 29.6. The molecule has 2 fully saturated rings. The van der Waals surface area contributed by atoms with E-state index in [4.69, 9.17) is 74.5 Å². The van der Waals surface area contributed by atoms with Crippen LogP contribution in [0.2, 0.25) is 22.2 Å². The van der Waals surface area contributed by atoms with Gasteiger partial charge in [0.15, 0.2) is 40.6 Å². The Morgan fingerprint density at radius 2 is 0.504 bits per heavy atom. The summed E-state index contributed by atoms with van der Waals surface area (Å²) in [5, 5.41) is 0. The van der Waals surface area contributed by atoms with Crippen LogP contribution in [0.3, 0.4) is 0 Å². The highest BCUT2D eigenvalue weighted by atomic mass is 28.5. The molecule has 2 heterocycles. The summed E-state index contributed by atoms with van der Waals surface area (Å²) < 4.78 is 112. The molecular formula is C102H104O19Si2. The van der Waals surface area contributed by atoms with Crippen molar-refractivity contribution in [2.45, 2.75) is 168 Å². The van der Waals surface area contributed by atoms with Crippen LogP contribution in [0.25, 0.3) is 0 Å². The van der Waals surface area contributed by atoms with Crippen molar-refractivity contribution in [2.75, 3.05) is 6.61 Å². The molecule has 0 aromatic heterocycles. The van der Waals surface area contributed by atoms with Crippen LogP contribution in [-0.2, 0) is 91.4 Å². The molecule has 12 aromatic carbocycles. The lowest BCUT2D eigenvalue weighted by atomic mass is 9.98. The van der Waals surface area contributed by atoms with Gasteiger partial charge >= 0.3 is 35.0 Å². The van der Waals surface area contributed by atoms with Gasteiger partial charge in [0, 0.05) is 0 Å². The first-order chi connectivity index (χ1) is 59.9. The third-order valence-corrected chi connectivity index (χ3v) is 31.8. The zero-order valence-electron chi connectivity index (χ0n) is 70.5. The first kappa shape index (κ1) is 86.9. The van der Waals surface area contributed by atoms with Gasteiger partial charge in [0.25, 0.3) is 0 Å². The van der Waals surface area contributed by atoms with Gasteiger partial charge in [0.1, 0.15) is 84.4 Å². The molecule has 0 unspecified atom stereocenters. The molecule has 634 valence electrons. The van der Waals surface area contributed by atoms with E-state index in [1.807, 2.05) is 273 Å². The Morgan fingerprint density at radius 3 is 0.748 bits per heavy atom. The second-order valence-electron chi connectivity index (χ2n) is 31.6. The van der Waals surface area contributed by atoms with Crippen LogP contribution in [0, 0.1) is 0 Å². The summed E-state index contributed by atoms with van der Waals surface area (Å²) >= 11 is 0. The number of rotatable bonds is 38. The maximum absolute atomic E-state index is 16.4. The largest absolute Gasteiger partial charge is 0.485 e. The third kappa shape index (κ3) is 22.4. The topological polar surface area (TPSA) is 199 Å². The summed E-state index contributed by atoms with van der Waals surface area (Å²) in [6.45, 7) is 16.7. The molecule has 5 atom stereocenters. The van der Waals surface area contributed by atoms with Crippen LogP contribution in [-0.4, -0.2) is 72.3 Å². The van der Waals surface area contributed by atoms with E-state index >= 15 is 14.4 Å². The first-order valence-corrected chi connectivity index (χ1v) is 45.7. The van der Waals surface area contributed by atoms with Crippen LogP contribution in [0.4, 0.5) is 0 Å².